The molecule has 3 heterocycles. The van der Waals surface area contributed by atoms with E-state index in [0.29, 0.717) is 0 Å². The van der Waals surface area contributed by atoms with Crippen molar-refractivity contribution in [3.63, 3.8) is 0 Å². The lowest BCUT2D eigenvalue weighted by Crippen LogP contribution is -2.55. The first-order valence-corrected chi connectivity index (χ1v) is 12.9. The van der Waals surface area contributed by atoms with Gasteiger partial charge in [0.1, 0.15) is 0 Å². The molecule has 2 amide bonds. The van der Waals surface area contributed by atoms with Gasteiger partial charge in [0.15, 0.2) is 0 Å². The number of rotatable bonds is 4. The Bertz CT molecular complexity index is 1370. The molecule has 0 spiro atoms. The minimum Gasteiger partial charge on any atom is -0.368 e. The molecule has 6 rings (SSSR count). The third-order valence-electron chi connectivity index (χ3n) is 7.61. The summed E-state index contributed by atoms with van der Waals surface area (Å²) in [7, 11) is 0. The predicted octanol–water partition coefficient (Wildman–Crippen LogP) is 5.65. The number of aromatic nitrogens is 1. The zero-order valence-electron chi connectivity index (χ0n) is 20.8. The maximum absolute atomic E-state index is 13.6. The van der Waals surface area contributed by atoms with Crippen LogP contribution in [-0.4, -0.2) is 54.7 Å². The van der Waals surface area contributed by atoms with Crippen molar-refractivity contribution in [2.45, 2.75) is 25.8 Å². The Morgan fingerprint density at radius 2 is 1.75 bits per heavy atom. The largest absolute Gasteiger partial charge is 0.368 e. The smallest absolute Gasteiger partial charge is 0.326 e. The normalized spacial score (nSPS) is 18.3. The summed E-state index contributed by atoms with van der Waals surface area (Å²) < 4.78 is 0. The van der Waals surface area contributed by atoms with E-state index in [1.165, 1.54) is 22.2 Å². The van der Waals surface area contributed by atoms with Crippen molar-refractivity contribution in [3.8, 4) is 0 Å². The number of piperazine rings is 1. The molecule has 184 valence electrons. The van der Waals surface area contributed by atoms with Gasteiger partial charge in [-0.05, 0) is 67.3 Å². The lowest BCUT2D eigenvalue weighted by molar-refractivity contribution is 0.225. The molecule has 0 aliphatic carbocycles. The van der Waals surface area contributed by atoms with E-state index in [2.05, 4.69) is 62.6 Å². The van der Waals surface area contributed by atoms with Gasteiger partial charge in [-0.2, -0.15) is 0 Å². The Labute approximate surface area is 212 Å². The average molecular weight is 480 g/mol. The highest BCUT2D eigenvalue weighted by Gasteiger charge is 2.33. The fraction of sp³-hybridized carbons (Fsp3) is 0.300. The standard InChI is InChI=1S/C30H33N5O/c1-22-6-4-8-24(20-22)32-30(36)35-25(13-12-23-7-2-3-10-28(23)35)21-33-16-18-34(19-17-33)29-11-5-9-27-26(29)14-15-31-27/h2-11,14-15,20,25,31H,12-13,16-19,21H2,1H3,(H,32,36). The number of nitrogens with one attached hydrogen (secondary N) is 2. The first-order chi connectivity index (χ1) is 17.7. The van der Waals surface area contributed by atoms with Crippen LogP contribution in [0.4, 0.5) is 21.9 Å². The van der Waals surface area contributed by atoms with Crippen LogP contribution < -0.4 is 15.1 Å². The second kappa shape index (κ2) is 9.70. The second-order valence-corrected chi connectivity index (χ2v) is 9.99. The third kappa shape index (κ3) is 4.44. The zero-order valence-corrected chi connectivity index (χ0v) is 20.8. The molecular weight excluding hydrogens is 446 g/mol. The van der Waals surface area contributed by atoms with Gasteiger partial charge >= 0.3 is 6.03 Å². The van der Waals surface area contributed by atoms with E-state index in [9.17, 15) is 4.79 Å². The van der Waals surface area contributed by atoms with E-state index in [1.807, 2.05) is 48.4 Å². The summed E-state index contributed by atoms with van der Waals surface area (Å²) in [5.41, 5.74) is 6.75. The number of hydrogen-bond donors (Lipinski definition) is 2. The minimum absolute atomic E-state index is 0.0458. The first-order valence-electron chi connectivity index (χ1n) is 12.9. The summed E-state index contributed by atoms with van der Waals surface area (Å²) in [6.45, 7) is 6.90. The van der Waals surface area contributed by atoms with Gasteiger partial charge in [-0.15, -0.1) is 0 Å². The van der Waals surface area contributed by atoms with Crippen LogP contribution in [-0.2, 0) is 6.42 Å². The third-order valence-corrected chi connectivity index (χ3v) is 7.61. The van der Waals surface area contributed by atoms with Crippen LogP contribution in [0.2, 0.25) is 0 Å². The van der Waals surface area contributed by atoms with Crippen molar-refractivity contribution in [1.82, 2.24) is 9.88 Å². The first kappa shape index (κ1) is 22.7. The molecule has 1 aromatic heterocycles. The van der Waals surface area contributed by atoms with Gasteiger partial charge in [0, 0.05) is 66.9 Å². The quantitative estimate of drug-likeness (QED) is 0.398. The number of fused-ring (bicyclic) bond motifs is 2. The Kier molecular flexibility index (Phi) is 6.11. The zero-order chi connectivity index (χ0) is 24.5. The van der Waals surface area contributed by atoms with E-state index >= 15 is 0 Å². The van der Waals surface area contributed by atoms with Gasteiger partial charge in [0.25, 0.3) is 0 Å². The SMILES string of the molecule is Cc1cccc(NC(=O)N2c3ccccc3CCC2CN2CCN(c3cccc4[nH]ccc34)CC2)c1. The number of amides is 2. The monoisotopic (exact) mass is 479 g/mol. The van der Waals surface area contributed by atoms with E-state index in [1.54, 1.807) is 0 Å². The van der Waals surface area contributed by atoms with Crippen molar-refractivity contribution >= 4 is 34.0 Å². The number of urea groups is 1. The van der Waals surface area contributed by atoms with E-state index < -0.39 is 0 Å². The summed E-state index contributed by atoms with van der Waals surface area (Å²) in [5, 5.41) is 4.45. The van der Waals surface area contributed by atoms with Crippen molar-refractivity contribution in [2.24, 2.45) is 0 Å². The molecule has 1 atom stereocenters. The highest BCUT2D eigenvalue weighted by molar-refractivity contribution is 6.03. The Morgan fingerprint density at radius 3 is 2.61 bits per heavy atom. The minimum atomic E-state index is -0.0458. The molecule has 0 saturated carbocycles. The molecule has 1 unspecified atom stereocenters. The second-order valence-electron chi connectivity index (χ2n) is 9.99. The van der Waals surface area contributed by atoms with E-state index in [4.69, 9.17) is 0 Å². The number of nitrogens with zero attached hydrogens (tertiary/aromatic N) is 3. The van der Waals surface area contributed by atoms with Crippen LogP contribution in [0.1, 0.15) is 17.5 Å². The molecule has 0 bridgehead atoms. The van der Waals surface area contributed by atoms with Crippen LogP contribution in [0.25, 0.3) is 10.9 Å². The highest BCUT2D eigenvalue weighted by Crippen LogP contribution is 2.32. The molecule has 2 N–H and O–H groups in total. The fourth-order valence-corrected chi connectivity index (χ4v) is 5.77. The molecule has 6 heteroatoms. The Balaban J connectivity index is 1.17. The van der Waals surface area contributed by atoms with Crippen LogP contribution in [0.15, 0.2) is 79.0 Å². The van der Waals surface area contributed by atoms with Crippen LogP contribution in [0, 0.1) is 6.92 Å². The number of H-pyrrole nitrogens is 1. The Morgan fingerprint density at radius 1 is 0.944 bits per heavy atom. The van der Waals surface area contributed by atoms with Crippen molar-refractivity contribution < 1.29 is 4.79 Å². The number of carbonyl (C=O) groups is 1. The van der Waals surface area contributed by atoms with Crippen molar-refractivity contribution in [2.75, 3.05) is 47.8 Å². The molecular formula is C30H33N5O. The number of anilines is 3. The molecule has 2 aliphatic rings. The summed E-state index contributed by atoms with van der Waals surface area (Å²) in [4.78, 5) is 24.0. The summed E-state index contributed by atoms with van der Waals surface area (Å²) in [6.07, 6.45) is 3.99. The molecule has 0 radical (unpaired) electrons. The number of aromatic amines is 1. The molecule has 1 fully saturated rings. The predicted molar refractivity (Wildman–Crippen MR) is 148 cm³/mol. The van der Waals surface area contributed by atoms with Crippen LogP contribution >= 0.6 is 0 Å². The topological polar surface area (TPSA) is 54.6 Å². The maximum Gasteiger partial charge on any atom is 0.326 e. The van der Waals surface area contributed by atoms with Crippen LogP contribution in [0.3, 0.4) is 0 Å². The summed E-state index contributed by atoms with van der Waals surface area (Å²) in [6, 6.07) is 25.1. The number of carbonyl (C=O) groups excluding carboxylic acids is 1. The number of para-hydroxylation sites is 1. The fourth-order valence-electron chi connectivity index (χ4n) is 5.77. The lowest BCUT2D eigenvalue weighted by Gasteiger charge is -2.42. The van der Waals surface area contributed by atoms with Crippen LogP contribution in [0.5, 0.6) is 0 Å². The van der Waals surface area contributed by atoms with Crippen molar-refractivity contribution in [1.29, 1.82) is 0 Å². The molecule has 2 aliphatic heterocycles. The lowest BCUT2D eigenvalue weighted by atomic mass is 9.95. The molecule has 4 aromatic rings. The number of benzene rings is 3. The van der Waals surface area contributed by atoms with Gasteiger partial charge in [-0.3, -0.25) is 9.80 Å². The summed E-state index contributed by atoms with van der Waals surface area (Å²) in [5.74, 6) is 0. The molecule has 3 aromatic carbocycles. The summed E-state index contributed by atoms with van der Waals surface area (Å²) >= 11 is 0. The van der Waals surface area contributed by atoms with Gasteiger partial charge in [0.05, 0.1) is 6.04 Å². The number of hydrogen-bond acceptors (Lipinski definition) is 3. The molecule has 36 heavy (non-hydrogen) atoms. The van der Waals surface area contributed by atoms with Gasteiger partial charge in [-0.1, -0.05) is 36.4 Å². The van der Waals surface area contributed by atoms with Crippen molar-refractivity contribution in [3.05, 3.63) is 90.1 Å². The average Bonchev–Trinajstić information content (AvgIpc) is 3.38. The van der Waals surface area contributed by atoms with Gasteiger partial charge in [-0.25, -0.2) is 4.79 Å². The van der Waals surface area contributed by atoms with Gasteiger partial charge in [0.2, 0.25) is 0 Å². The Hall–Kier alpha value is -3.77. The molecule has 6 nitrogen and oxygen atoms in total. The highest BCUT2D eigenvalue weighted by atomic mass is 16.2. The molecule has 1 saturated heterocycles. The van der Waals surface area contributed by atoms with Gasteiger partial charge < -0.3 is 15.2 Å². The van der Waals surface area contributed by atoms with E-state index in [-0.39, 0.29) is 12.1 Å². The van der Waals surface area contributed by atoms with E-state index in [0.717, 1.165) is 62.5 Å². The maximum atomic E-state index is 13.6. The number of aryl methyl sites for hydroxylation is 2.